The summed E-state index contributed by atoms with van der Waals surface area (Å²) < 4.78 is 42.0. The predicted molar refractivity (Wildman–Crippen MR) is 96.4 cm³/mol. The van der Waals surface area contributed by atoms with Crippen LogP contribution in [-0.4, -0.2) is 71.8 Å². The minimum atomic E-state index is -4.03. The fraction of sp³-hybridized carbons (Fsp3) is 0.471. The van der Waals surface area contributed by atoms with Gasteiger partial charge >= 0.3 is 18.0 Å². The molecular weight excluding hydrogens is 392 g/mol. The topological polar surface area (TPSA) is 128 Å². The van der Waals surface area contributed by atoms with E-state index >= 15 is 0 Å². The summed E-state index contributed by atoms with van der Waals surface area (Å²) in [6, 6.07) is 3.05. The van der Waals surface area contributed by atoms with Crippen molar-refractivity contribution in [3.8, 4) is 0 Å². The second-order valence-electron chi connectivity index (χ2n) is 6.08. The summed E-state index contributed by atoms with van der Waals surface area (Å²) in [5.74, 6) is -1.57. The molecule has 1 amide bonds. The van der Waals surface area contributed by atoms with Crippen molar-refractivity contribution >= 4 is 28.1 Å². The van der Waals surface area contributed by atoms with E-state index in [0.29, 0.717) is 25.9 Å². The third kappa shape index (κ3) is 4.98. The Balaban J connectivity index is 2.24. The molecule has 1 aliphatic heterocycles. The molecule has 0 aliphatic carbocycles. The summed E-state index contributed by atoms with van der Waals surface area (Å²) in [6.45, 7) is 0.685. The first kappa shape index (κ1) is 21.6. The van der Waals surface area contributed by atoms with E-state index in [1.165, 1.54) is 18.1 Å². The molecule has 28 heavy (non-hydrogen) atoms. The van der Waals surface area contributed by atoms with Gasteiger partial charge in [0, 0.05) is 19.1 Å². The van der Waals surface area contributed by atoms with Crippen LogP contribution in [0.4, 0.5) is 4.79 Å². The summed E-state index contributed by atoms with van der Waals surface area (Å²) in [6.07, 6.45) is 0.332. The standard InChI is InChI=1S/C17H22N2O8S/c1-25-15(20)11-8-12(16(21)26-2)10-14(9-11)28(23,24)18-13-4-6-19(7-5-13)17(22)27-3/h8-10,13,18H,4-7H2,1-3H3. The number of rotatable bonds is 5. The molecule has 1 aromatic rings. The lowest BCUT2D eigenvalue weighted by atomic mass is 10.1. The number of sulfonamides is 1. The van der Waals surface area contributed by atoms with Crippen molar-refractivity contribution in [1.82, 2.24) is 9.62 Å². The molecule has 10 nitrogen and oxygen atoms in total. The molecule has 0 atom stereocenters. The Labute approximate surface area is 162 Å². The number of benzene rings is 1. The summed E-state index contributed by atoms with van der Waals surface area (Å²) in [4.78, 5) is 36.4. The average Bonchev–Trinajstić information content (AvgIpc) is 2.71. The van der Waals surface area contributed by atoms with Crippen LogP contribution in [0.5, 0.6) is 0 Å². The number of nitrogens with zero attached hydrogens (tertiary/aromatic N) is 1. The highest BCUT2D eigenvalue weighted by Gasteiger charge is 2.28. The van der Waals surface area contributed by atoms with E-state index in [9.17, 15) is 22.8 Å². The number of ether oxygens (including phenoxy) is 3. The normalized spacial score (nSPS) is 15.0. The summed E-state index contributed by atoms with van der Waals surface area (Å²) >= 11 is 0. The number of hydrogen-bond acceptors (Lipinski definition) is 8. The van der Waals surface area contributed by atoms with Crippen molar-refractivity contribution in [2.45, 2.75) is 23.8 Å². The van der Waals surface area contributed by atoms with Crippen molar-refractivity contribution in [2.75, 3.05) is 34.4 Å². The molecule has 1 aromatic carbocycles. The largest absolute Gasteiger partial charge is 0.465 e. The van der Waals surface area contributed by atoms with Crippen molar-refractivity contribution in [3.63, 3.8) is 0 Å². The molecule has 1 fully saturated rings. The molecule has 1 saturated heterocycles. The van der Waals surface area contributed by atoms with Gasteiger partial charge in [-0.1, -0.05) is 0 Å². The zero-order valence-electron chi connectivity index (χ0n) is 15.8. The van der Waals surface area contributed by atoms with Gasteiger partial charge in [0.05, 0.1) is 37.4 Å². The lowest BCUT2D eigenvalue weighted by molar-refractivity contribution is 0.0598. The maximum absolute atomic E-state index is 12.8. The molecule has 0 unspecified atom stereocenters. The van der Waals surface area contributed by atoms with Gasteiger partial charge in [-0.05, 0) is 31.0 Å². The predicted octanol–water partition coefficient (Wildman–Crippen LogP) is 0.769. The van der Waals surface area contributed by atoms with Gasteiger partial charge < -0.3 is 19.1 Å². The van der Waals surface area contributed by atoms with E-state index in [-0.39, 0.29) is 16.0 Å². The molecule has 0 radical (unpaired) electrons. The van der Waals surface area contributed by atoms with E-state index in [1.807, 2.05) is 0 Å². The molecule has 0 bridgehead atoms. The Morgan fingerprint density at radius 3 is 1.86 bits per heavy atom. The number of amides is 1. The SMILES string of the molecule is COC(=O)c1cc(C(=O)OC)cc(S(=O)(=O)NC2CCN(C(=O)OC)CC2)c1. The molecule has 1 heterocycles. The molecule has 0 saturated carbocycles. The van der Waals surface area contributed by atoms with Crippen molar-refractivity contribution < 1.29 is 37.0 Å². The zero-order chi connectivity index (χ0) is 20.9. The second-order valence-corrected chi connectivity index (χ2v) is 7.80. The van der Waals surface area contributed by atoms with Gasteiger partial charge in [0.15, 0.2) is 0 Å². The maximum Gasteiger partial charge on any atom is 0.409 e. The molecule has 11 heteroatoms. The highest BCUT2D eigenvalue weighted by Crippen LogP contribution is 2.20. The van der Waals surface area contributed by atoms with Crippen LogP contribution in [0.2, 0.25) is 0 Å². The van der Waals surface area contributed by atoms with Gasteiger partial charge in [0.25, 0.3) is 0 Å². The first-order chi connectivity index (χ1) is 13.2. The lowest BCUT2D eigenvalue weighted by Crippen LogP contribution is -2.46. The lowest BCUT2D eigenvalue weighted by Gasteiger charge is -2.31. The number of hydrogen-bond donors (Lipinski definition) is 1. The van der Waals surface area contributed by atoms with Gasteiger partial charge in [-0.25, -0.2) is 27.5 Å². The molecule has 0 aromatic heterocycles. The third-order valence-electron chi connectivity index (χ3n) is 4.31. The quantitative estimate of drug-likeness (QED) is 0.553. The highest BCUT2D eigenvalue weighted by atomic mass is 32.2. The summed E-state index contributed by atoms with van der Waals surface area (Å²) in [5.41, 5.74) is -0.183. The summed E-state index contributed by atoms with van der Waals surface area (Å²) in [5, 5.41) is 0. The van der Waals surface area contributed by atoms with Crippen LogP contribution in [0.1, 0.15) is 33.6 Å². The van der Waals surface area contributed by atoms with E-state index in [0.717, 1.165) is 26.4 Å². The van der Waals surface area contributed by atoms with E-state index in [4.69, 9.17) is 0 Å². The highest BCUT2D eigenvalue weighted by molar-refractivity contribution is 7.89. The van der Waals surface area contributed by atoms with Crippen LogP contribution >= 0.6 is 0 Å². The van der Waals surface area contributed by atoms with Crippen LogP contribution in [0.3, 0.4) is 0 Å². The molecule has 0 spiro atoms. The maximum atomic E-state index is 12.8. The van der Waals surface area contributed by atoms with Crippen LogP contribution in [0, 0.1) is 0 Å². The Morgan fingerprint density at radius 1 is 0.929 bits per heavy atom. The van der Waals surface area contributed by atoms with Crippen LogP contribution in [0.25, 0.3) is 0 Å². The van der Waals surface area contributed by atoms with Gasteiger partial charge in [0.2, 0.25) is 10.0 Å². The number of piperidine rings is 1. The zero-order valence-corrected chi connectivity index (χ0v) is 16.6. The van der Waals surface area contributed by atoms with Crippen LogP contribution in [0.15, 0.2) is 23.1 Å². The monoisotopic (exact) mass is 414 g/mol. The Hall–Kier alpha value is -2.66. The van der Waals surface area contributed by atoms with Crippen molar-refractivity contribution in [1.29, 1.82) is 0 Å². The number of nitrogens with one attached hydrogen (secondary N) is 1. The van der Waals surface area contributed by atoms with E-state index in [2.05, 4.69) is 18.9 Å². The molecule has 154 valence electrons. The van der Waals surface area contributed by atoms with Gasteiger partial charge in [-0.3, -0.25) is 0 Å². The van der Waals surface area contributed by atoms with Crippen LogP contribution in [-0.2, 0) is 24.2 Å². The van der Waals surface area contributed by atoms with Crippen molar-refractivity contribution in [3.05, 3.63) is 29.3 Å². The number of likely N-dealkylation sites (tertiary alicyclic amines) is 1. The minimum absolute atomic E-state index is 0.0914. The van der Waals surface area contributed by atoms with E-state index < -0.39 is 34.1 Å². The summed E-state index contributed by atoms with van der Waals surface area (Å²) in [7, 11) is -0.455. The fourth-order valence-electron chi connectivity index (χ4n) is 2.82. The Morgan fingerprint density at radius 2 is 1.43 bits per heavy atom. The number of esters is 2. The van der Waals surface area contributed by atoms with E-state index in [1.54, 1.807) is 0 Å². The molecule has 1 aliphatic rings. The number of carbonyl (C=O) groups excluding carboxylic acids is 3. The van der Waals surface area contributed by atoms with Gasteiger partial charge in [-0.2, -0.15) is 0 Å². The first-order valence-corrected chi connectivity index (χ1v) is 9.87. The fourth-order valence-corrected chi connectivity index (χ4v) is 4.20. The number of carbonyl (C=O) groups is 3. The third-order valence-corrected chi connectivity index (χ3v) is 5.81. The smallest absolute Gasteiger partial charge is 0.409 e. The molecule has 2 rings (SSSR count). The second kappa shape index (κ2) is 9.02. The Bertz CT molecular complexity index is 826. The Kier molecular flexibility index (Phi) is 6.97. The van der Waals surface area contributed by atoms with Crippen LogP contribution < -0.4 is 4.72 Å². The molecular formula is C17H22N2O8S. The molecule has 1 N–H and O–H groups in total. The average molecular weight is 414 g/mol. The number of methoxy groups -OCH3 is 3. The minimum Gasteiger partial charge on any atom is -0.465 e. The first-order valence-electron chi connectivity index (χ1n) is 8.38. The van der Waals surface area contributed by atoms with Crippen molar-refractivity contribution in [2.24, 2.45) is 0 Å². The van der Waals surface area contributed by atoms with Gasteiger partial charge in [-0.15, -0.1) is 0 Å². The van der Waals surface area contributed by atoms with Gasteiger partial charge in [0.1, 0.15) is 0 Å².